The maximum absolute atomic E-state index is 10.1. The number of hydrogen-bond donors (Lipinski definition) is 2. The Labute approximate surface area is 84.5 Å². The van der Waals surface area contributed by atoms with E-state index in [-0.39, 0.29) is 5.75 Å². The van der Waals surface area contributed by atoms with Gasteiger partial charge < -0.3 is 10.2 Å². The van der Waals surface area contributed by atoms with Gasteiger partial charge >= 0.3 is 0 Å². The SMILES string of the molecule is CC(C)=CC(C)(O)c1ccc(O)cc1. The second-order valence-electron chi connectivity index (χ2n) is 3.92. The minimum Gasteiger partial charge on any atom is -0.508 e. The number of phenolic OH excluding ortho intramolecular Hbond substituents is 1. The van der Waals surface area contributed by atoms with Crippen molar-refractivity contribution in [3.63, 3.8) is 0 Å². The maximum atomic E-state index is 10.1. The van der Waals surface area contributed by atoms with E-state index in [1.807, 2.05) is 13.8 Å². The van der Waals surface area contributed by atoms with Gasteiger partial charge in [-0.05, 0) is 38.5 Å². The van der Waals surface area contributed by atoms with Crippen LogP contribution >= 0.6 is 0 Å². The highest BCUT2D eigenvalue weighted by molar-refractivity contribution is 5.32. The molecule has 0 radical (unpaired) electrons. The van der Waals surface area contributed by atoms with Crippen LogP contribution in [-0.2, 0) is 5.60 Å². The molecule has 0 spiro atoms. The van der Waals surface area contributed by atoms with Crippen LogP contribution in [-0.4, -0.2) is 10.2 Å². The molecular formula is C12H16O2. The molecule has 2 N–H and O–H groups in total. The van der Waals surface area contributed by atoms with Crippen LogP contribution in [0.4, 0.5) is 0 Å². The third-order valence-corrected chi connectivity index (χ3v) is 2.02. The van der Waals surface area contributed by atoms with Crippen molar-refractivity contribution in [2.75, 3.05) is 0 Å². The molecule has 0 saturated heterocycles. The van der Waals surface area contributed by atoms with Crippen LogP contribution in [0.25, 0.3) is 0 Å². The van der Waals surface area contributed by atoms with E-state index in [0.717, 1.165) is 11.1 Å². The molecule has 2 heteroatoms. The van der Waals surface area contributed by atoms with Crippen molar-refractivity contribution >= 4 is 0 Å². The highest BCUT2D eigenvalue weighted by atomic mass is 16.3. The molecule has 2 nitrogen and oxygen atoms in total. The van der Waals surface area contributed by atoms with E-state index in [1.54, 1.807) is 37.3 Å². The zero-order valence-electron chi connectivity index (χ0n) is 8.78. The summed E-state index contributed by atoms with van der Waals surface area (Å²) in [5, 5.41) is 19.2. The van der Waals surface area contributed by atoms with Gasteiger partial charge in [0.25, 0.3) is 0 Å². The molecule has 76 valence electrons. The quantitative estimate of drug-likeness (QED) is 0.707. The van der Waals surface area contributed by atoms with E-state index in [1.165, 1.54) is 0 Å². The van der Waals surface area contributed by atoms with Crippen LogP contribution in [0.2, 0.25) is 0 Å². The second kappa shape index (κ2) is 3.84. The summed E-state index contributed by atoms with van der Waals surface area (Å²) in [4.78, 5) is 0. The first-order valence-electron chi connectivity index (χ1n) is 4.60. The number of benzene rings is 1. The fourth-order valence-corrected chi connectivity index (χ4v) is 1.44. The minimum absolute atomic E-state index is 0.210. The lowest BCUT2D eigenvalue weighted by atomic mass is 9.94. The van der Waals surface area contributed by atoms with E-state index >= 15 is 0 Å². The van der Waals surface area contributed by atoms with Crippen LogP contribution < -0.4 is 0 Å². The standard InChI is InChI=1S/C12H16O2/c1-9(2)8-12(3,14)10-4-6-11(13)7-5-10/h4-8,13-14H,1-3H3. The van der Waals surface area contributed by atoms with Gasteiger partial charge in [-0.15, -0.1) is 0 Å². The summed E-state index contributed by atoms with van der Waals surface area (Å²) < 4.78 is 0. The predicted molar refractivity (Wildman–Crippen MR) is 57.1 cm³/mol. The molecular weight excluding hydrogens is 176 g/mol. The fourth-order valence-electron chi connectivity index (χ4n) is 1.44. The van der Waals surface area contributed by atoms with Crippen molar-refractivity contribution in [1.82, 2.24) is 0 Å². The molecule has 14 heavy (non-hydrogen) atoms. The van der Waals surface area contributed by atoms with Crippen LogP contribution in [0, 0.1) is 0 Å². The minimum atomic E-state index is -0.966. The Kier molecular flexibility index (Phi) is 2.96. The van der Waals surface area contributed by atoms with Gasteiger partial charge in [-0.3, -0.25) is 0 Å². The zero-order chi connectivity index (χ0) is 10.8. The van der Waals surface area contributed by atoms with E-state index < -0.39 is 5.60 Å². The van der Waals surface area contributed by atoms with Gasteiger partial charge in [0.15, 0.2) is 0 Å². The largest absolute Gasteiger partial charge is 0.508 e. The van der Waals surface area contributed by atoms with Crippen molar-refractivity contribution in [2.45, 2.75) is 26.4 Å². The Morgan fingerprint density at radius 1 is 1.21 bits per heavy atom. The van der Waals surface area contributed by atoms with Gasteiger partial charge in [0.2, 0.25) is 0 Å². The fraction of sp³-hybridized carbons (Fsp3) is 0.333. The molecule has 1 rings (SSSR count). The molecule has 0 amide bonds. The highest BCUT2D eigenvalue weighted by Crippen LogP contribution is 2.24. The summed E-state index contributed by atoms with van der Waals surface area (Å²) in [6, 6.07) is 6.58. The van der Waals surface area contributed by atoms with Gasteiger partial charge in [0.05, 0.1) is 0 Å². The molecule has 1 unspecified atom stereocenters. The van der Waals surface area contributed by atoms with Gasteiger partial charge in [-0.1, -0.05) is 23.8 Å². The number of rotatable bonds is 2. The van der Waals surface area contributed by atoms with Crippen molar-refractivity contribution in [1.29, 1.82) is 0 Å². The molecule has 0 aliphatic carbocycles. The molecule has 0 aliphatic heterocycles. The molecule has 0 heterocycles. The number of allylic oxidation sites excluding steroid dienone is 1. The first kappa shape index (κ1) is 10.8. The molecule has 0 saturated carbocycles. The Morgan fingerprint density at radius 3 is 2.14 bits per heavy atom. The molecule has 1 aromatic rings. The monoisotopic (exact) mass is 192 g/mol. The first-order chi connectivity index (χ1) is 6.42. The Bertz CT molecular complexity index is 330. The smallest absolute Gasteiger partial charge is 0.115 e. The van der Waals surface area contributed by atoms with Crippen molar-refractivity contribution in [3.8, 4) is 5.75 Å². The van der Waals surface area contributed by atoms with Crippen LogP contribution in [0.5, 0.6) is 5.75 Å². The summed E-state index contributed by atoms with van der Waals surface area (Å²) in [7, 11) is 0. The third-order valence-electron chi connectivity index (χ3n) is 2.02. The van der Waals surface area contributed by atoms with E-state index in [2.05, 4.69) is 0 Å². The highest BCUT2D eigenvalue weighted by Gasteiger charge is 2.19. The maximum Gasteiger partial charge on any atom is 0.115 e. The summed E-state index contributed by atoms with van der Waals surface area (Å²) in [5.41, 5.74) is 0.867. The Morgan fingerprint density at radius 2 is 1.71 bits per heavy atom. The molecule has 0 aliphatic rings. The van der Waals surface area contributed by atoms with Crippen molar-refractivity contribution in [2.24, 2.45) is 0 Å². The summed E-state index contributed by atoms with van der Waals surface area (Å²) >= 11 is 0. The lowest BCUT2D eigenvalue weighted by Gasteiger charge is -2.20. The number of aliphatic hydroxyl groups is 1. The van der Waals surface area contributed by atoms with Gasteiger partial charge in [0, 0.05) is 0 Å². The molecule has 1 atom stereocenters. The van der Waals surface area contributed by atoms with E-state index in [4.69, 9.17) is 5.11 Å². The number of hydrogen-bond acceptors (Lipinski definition) is 2. The first-order valence-corrected chi connectivity index (χ1v) is 4.60. The lowest BCUT2D eigenvalue weighted by Crippen LogP contribution is -2.17. The van der Waals surface area contributed by atoms with Crippen LogP contribution in [0.3, 0.4) is 0 Å². The van der Waals surface area contributed by atoms with Crippen LogP contribution in [0.1, 0.15) is 26.3 Å². The normalized spacial score (nSPS) is 14.6. The lowest BCUT2D eigenvalue weighted by molar-refractivity contribution is 0.110. The third kappa shape index (κ3) is 2.60. The average Bonchev–Trinajstić information content (AvgIpc) is 2.02. The molecule has 0 aromatic heterocycles. The van der Waals surface area contributed by atoms with Gasteiger partial charge in [0.1, 0.15) is 11.4 Å². The molecule has 1 aromatic carbocycles. The summed E-state index contributed by atoms with van der Waals surface area (Å²) in [6.45, 7) is 5.61. The van der Waals surface area contributed by atoms with Gasteiger partial charge in [-0.25, -0.2) is 0 Å². The zero-order valence-corrected chi connectivity index (χ0v) is 8.78. The van der Waals surface area contributed by atoms with Gasteiger partial charge in [-0.2, -0.15) is 0 Å². The Hall–Kier alpha value is -1.28. The average molecular weight is 192 g/mol. The van der Waals surface area contributed by atoms with Crippen molar-refractivity contribution < 1.29 is 10.2 Å². The van der Waals surface area contributed by atoms with E-state index in [0.29, 0.717) is 0 Å². The summed E-state index contributed by atoms with van der Waals surface area (Å²) in [5.74, 6) is 0.210. The Balaban J connectivity index is 3.04. The summed E-state index contributed by atoms with van der Waals surface area (Å²) in [6.07, 6.45) is 1.79. The number of aromatic hydroxyl groups is 1. The molecule has 0 bridgehead atoms. The molecule has 0 fully saturated rings. The van der Waals surface area contributed by atoms with Crippen molar-refractivity contribution in [3.05, 3.63) is 41.5 Å². The van der Waals surface area contributed by atoms with Crippen LogP contribution in [0.15, 0.2) is 35.9 Å². The number of phenols is 1. The topological polar surface area (TPSA) is 40.5 Å². The second-order valence-corrected chi connectivity index (χ2v) is 3.92. The predicted octanol–water partition coefficient (Wildman–Crippen LogP) is 2.57. The van der Waals surface area contributed by atoms with E-state index in [9.17, 15) is 5.11 Å².